The zero-order chi connectivity index (χ0) is 15.6. The SMILES string of the molecule is Nc1nc(CCc2ccccc2)cc2nc(-c3ccco3)nn12. The molecule has 23 heavy (non-hydrogen) atoms. The summed E-state index contributed by atoms with van der Waals surface area (Å²) >= 11 is 0. The number of aromatic nitrogens is 4. The number of nitrogens with zero attached hydrogens (tertiary/aromatic N) is 4. The maximum Gasteiger partial charge on any atom is 0.223 e. The van der Waals surface area contributed by atoms with Crippen molar-refractivity contribution in [2.75, 3.05) is 5.73 Å². The minimum Gasteiger partial charge on any atom is -0.461 e. The molecule has 6 nitrogen and oxygen atoms in total. The van der Waals surface area contributed by atoms with Gasteiger partial charge in [-0.25, -0.2) is 9.97 Å². The largest absolute Gasteiger partial charge is 0.461 e. The Labute approximate surface area is 132 Å². The Hall–Kier alpha value is -3.15. The summed E-state index contributed by atoms with van der Waals surface area (Å²) in [4.78, 5) is 8.89. The van der Waals surface area contributed by atoms with Crippen LogP contribution in [0.25, 0.3) is 17.2 Å². The third-order valence-electron chi connectivity index (χ3n) is 3.66. The topological polar surface area (TPSA) is 82.2 Å². The number of hydrogen-bond acceptors (Lipinski definition) is 5. The van der Waals surface area contributed by atoms with Gasteiger partial charge in [0.2, 0.25) is 11.8 Å². The molecule has 0 saturated carbocycles. The highest BCUT2D eigenvalue weighted by Gasteiger charge is 2.12. The molecule has 0 amide bonds. The van der Waals surface area contributed by atoms with Crippen LogP contribution in [0, 0.1) is 0 Å². The number of hydrogen-bond donors (Lipinski definition) is 1. The average Bonchev–Trinajstić information content (AvgIpc) is 3.23. The molecule has 0 aliphatic heterocycles. The van der Waals surface area contributed by atoms with Crippen molar-refractivity contribution in [3.8, 4) is 11.6 Å². The lowest BCUT2D eigenvalue weighted by atomic mass is 10.1. The second-order valence-electron chi connectivity index (χ2n) is 5.27. The van der Waals surface area contributed by atoms with Crippen LogP contribution in [0.15, 0.2) is 59.2 Å². The molecule has 4 rings (SSSR count). The van der Waals surface area contributed by atoms with Gasteiger partial charge in [0.15, 0.2) is 11.4 Å². The summed E-state index contributed by atoms with van der Waals surface area (Å²) in [5.41, 5.74) is 8.85. The average molecular weight is 305 g/mol. The summed E-state index contributed by atoms with van der Waals surface area (Å²) < 4.78 is 6.86. The van der Waals surface area contributed by atoms with Crippen molar-refractivity contribution >= 4 is 11.6 Å². The molecular weight excluding hydrogens is 290 g/mol. The second-order valence-corrected chi connectivity index (χ2v) is 5.27. The van der Waals surface area contributed by atoms with Crippen LogP contribution in [0.2, 0.25) is 0 Å². The van der Waals surface area contributed by atoms with Gasteiger partial charge in [-0.3, -0.25) is 0 Å². The first-order valence-corrected chi connectivity index (χ1v) is 7.39. The Kier molecular flexibility index (Phi) is 3.27. The molecule has 6 heteroatoms. The molecule has 4 aromatic rings. The van der Waals surface area contributed by atoms with Gasteiger partial charge in [0.05, 0.1) is 6.26 Å². The minimum absolute atomic E-state index is 0.330. The number of nitrogen functional groups attached to an aromatic ring is 1. The van der Waals surface area contributed by atoms with E-state index < -0.39 is 0 Å². The predicted molar refractivity (Wildman–Crippen MR) is 86.7 cm³/mol. The maximum absolute atomic E-state index is 6.01. The molecule has 0 saturated heterocycles. The maximum atomic E-state index is 6.01. The van der Waals surface area contributed by atoms with Crippen molar-refractivity contribution in [3.05, 3.63) is 66.1 Å². The van der Waals surface area contributed by atoms with Crippen LogP contribution in [-0.4, -0.2) is 19.6 Å². The molecule has 3 aromatic heterocycles. The van der Waals surface area contributed by atoms with E-state index in [1.165, 1.54) is 10.1 Å². The van der Waals surface area contributed by atoms with Crippen LogP contribution in [0.4, 0.5) is 5.95 Å². The van der Waals surface area contributed by atoms with Gasteiger partial charge in [-0.15, -0.1) is 5.10 Å². The number of furan rings is 1. The first-order chi connectivity index (χ1) is 11.3. The molecule has 0 atom stereocenters. The van der Waals surface area contributed by atoms with Crippen molar-refractivity contribution in [3.63, 3.8) is 0 Å². The molecule has 0 bridgehead atoms. The zero-order valence-corrected chi connectivity index (χ0v) is 12.4. The highest BCUT2D eigenvalue weighted by Crippen LogP contribution is 2.18. The monoisotopic (exact) mass is 305 g/mol. The third-order valence-corrected chi connectivity index (χ3v) is 3.66. The first kappa shape index (κ1) is 13.5. The summed E-state index contributed by atoms with van der Waals surface area (Å²) in [5, 5.41) is 4.34. The highest BCUT2D eigenvalue weighted by molar-refractivity contribution is 5.54. The normalized spacial score (nSPS) is 11.1. The van der Waals surface area contributed by atoms with E-state index in [2.05, 4.69) is 27.2 Å². The van der Waals surface area contributed by atoms with Gasteiger partial charge in [-0.2, -0.15) is 4.52 Å². The van der Waals surface area contributed by atoms with E-state index in [1.807, 2.05) is 30.3 Å². The number of aryl methyl sites for hydroxylation is 2. The second kappa shape index (κ2) is 5.57. The summed E-state index contributed by atoms with van der Waals surface area (Å²) in [5.74, 6) is 1.44. The van der Waals surface area contributed by atoms with E-state index in [4.69, 9.17) is 10.2 Å². The molecule has 0 radical (unpaired) electrons. The zero-order valence-electron chi connectivity index (χ0n) is 12.4. The molecule has 0 fully saturated rings. The van der Waals surface area contributed by atoms with E-state index in [9.17, 15) is 0 Å². The van der Waals surface area contributed by atoms with Gasteiger partial charge < -0.3 is 10.2 Å². The van der Waals surface area contributed by atoms with Crippen LogP contribution in [0.1, 0.15) is 11.3 Å². The van der Waals surface area contributed by atoms with Crippen molar-refractivity contribution in [1.29, 1.82) is 0 Å². The standard InChI is InChI=1S/C17H15N5O/c18-17-19-13(9-8-12-5-2-1-3-6-12)11-15-20-16(21-22(15)17)14-7-4-10-23-14/h1-7,10-11H,8-9H2,(H2,18,19). The van der Waals surface area contributed by atoms with Gasteiger partial charge in [-0.05, 0) is 30.5 Å². The number of nitrogens with two attached hydrogens (primary N) is 1. The van der Waals surface area contributed by atoms with Crippen LogP contribution in [0.3, 0.4) is 0 Å². The smallest absolute Gasteiger partial charge is 0.223 e. The Bertz CT molecular complexity index is 928. The van der Waals surface area contributed by atoms with Crippen LogP contribution >= 0.6 is 0 Å². The van der Waals surface area contributed by atoms with Gasteiger partial charge in [0, 0.05) is 11.8 Å². The van der Waals surface area contributed by atoms with E-state index in [-0.39, 0.29) is 0 Å². The van der Waals surface area contributed by atoms with E-state index in [0.29, 0.717) is 23.2 Å². The highest BCUT2D eigenvalue weighted by atomic mass is 16.3. The molecule has 1 aromatic carbocycles. The quantitative estimate of drug-likeness (QED) is 0.627. The molecule has 2 N–H and O–H groups in total. The fourth-order valence-electron chi connectivity index (χ4n) is 2.52. The molecule has 0 unspecified atom stereocenters. The molecule has 0 spiro atoms. The van der Waals surface area contributed by atoms with Gasteiger partial charge in [0.1, 0.15) is 0 Å². The molecule has 3 heterocycles. The van der Waals surface area contributed by atoms with Crippen LogP contribution < -0.4 is 5.73 Å². The number of fused-ring (bicyclic) bond motifs is 1. The van der Waals surface area contributed by atoms with E-state index in [1.54, 1.807) is 12.3 Å². The fourth-order valence-corrected chi connectivity index (χ4v) is 2.52. The van der Waals surface area contributed by atoms with Gasteiger partial charge in [0.25, 0.3) is 0 Å². The molecule has 114 valence electrons. The fraction of sp³-hybridized carbons (Fsp3) is 0.118. The molecule has 0 aliphatic rings. The Balaban J connectivity index is 1.64. The van der Waals surface area contributed by atoms with Crippen molar-refractivity contribution in [2.24, 2.45) is 0 Å². The predicted octanol–water partition coefficient (Wildman–Crippen LogP) is 2.75. The lowest BCUT2D eigenvalue weighted by molar-refractivity contribution is 0.577. The summed E-state index contributed by atoms with van der Waals surface area (Å²) in [6, 6.07) is 15.8. The lowest BCUT2D eigenvalue weighted by Crippen LogP contribution is -2.05. The van der Waals surface area contributed by atoms with Gasteiger partial charge in [-0.1, -0.05) is 30.3 Å². The molecule has 0 aliphatic carbocycles. The first-order valence-electron chi connectivity index (χ1n) is 7.39. The third kappa shape index (κ3) is 2.66. The summed E-state index contributed by atoms with van der Waals surface area (Å²) in [6.07, 6.45) is 3.30. The molecular formula is C17H15N5O. The summed E-state index contributed by atoms with van der Waals surface area (Å²) in [7, 11) is 0. The number of anilines is 1. The Morgan fingerprint density at radius 2 is 1.87 bits per heavy atom. The van der Waals surface area contributed by atoms with Crippen LogP contribution in [-0.2, 0) is 12.8 Å². The number of benzene rings is 1. The minimum atomic E-state index is 0.330. The van der Waals surface area contributed by atoms with Crippen molar-refractivity contribution in [1.82, 2.24) is 19.6 Å². The van der Waals surface area contributed by atoms with Crippen molar-refractivity contribution in [2.45, 2.75) is 12.8 Å². The number of rotatable bonds is 4. The van der Waals surface area contributed by atoms with E-state index >= 15 is 0 Å². The van der Waals surface area contributed by atoms with Gasteiger partial charge >= 0.3 is 0 Å². The summed E-state index contributed by atoms with van der Waals surface area (Å²) in [6.45, 7) is 0. The lowest BCUT2D eigenvalue weighted by Gasteiger charge is -2.03. The van der Waals surface area contributed by atoms with E-state index in [0.717, 1.165) is 18.5 Å². The van der Waals surface area contributed by atoms with Crippen LogP contribution in [0.5, 0.6) is 0 Å². The van der Waals surface area contributed by atoms with Crippen molar-refractivity contribution < 1.29 is 4.42 Å². The Morgan fingerprint density at radius 3 is 2.65 bits per heavy atom. The Morgan fingerprint density at radius 1 is 1.00 bits per heavy atom.